The van der Waals surface area contributed by atoms with Crippen LogP contribution in [0.5, 0.6) is 17.2 Å². The van der Waals surface area contributed by atoms with E-state index in [1.165, 1.54) is 0 Å². The van der Waals surface area contributed by atoms with E-state index in [0.29, 0.717) is 42.2 Å². The first-order chi connectivity index (χ1) is 18.2. The standard InChI is InChI=1S/C30H38N2O6/c1-6-7-15-37-24-12-9-20(18-25(24)36-5)27-26(29(34)30(35)32(27)14-8-13-31(3)4)28(33)21-10-11-23-22(17-21)16-19(2)38-23/h9-12,17-19,27,33H,6-8,13-16H2,1-5H3/t19-,27-/m0/s1. The van der Waals surface area contributed by atoms with Gasteiger partial charge in [0.05, 0.1) is 25.3 Å². The number of ketones is 1. The van der Waals surface area contributed by atoms with Crippen molar-refractivity contribution in [2.75, 3.05) is 40.9 Å². The average molecular weight is 523 g/mol. The molecular weight excluding hydrogens is 484 g/mol. The minimum Gasteiger partial charge on any atom is -0.507 e. The molecule has 0 spiro atoms. The van der Waals surface area contributed by atoms with Crippen LogP contribution in [0, 0.1) is 0 Å². The second-order valence-corrected chi connectivity index (χ2v) is 10.2. The van der Waals surface area contributed by atoms with Crippen molar-refractivity contribution in [2.45, 2.75) is 51.7 Å². The van der Waals surface area contributed by atoms with Crippen LogP contribution in [0.2, 0.25) is 0 Å². The largest absolute Gasteiger partial charge is 0.507 e. The van der Waals surface area contributed by atoms with Crippen molar-refractivity contribution in [1.82, 2.24) is 9.80 Å². The number of carbonyl (C=O) groups is 2. The predicted octanol–water partition coefficient (Wildman–Crippen LogP) is 4.57. The van der Waals surface area contributed by atoms with Crippen molar-refractivity contribution in [3.63, 3.8) is 0 Å². The molecule has 2 atom stereocenters. The summed E-state index contributed by atoms with van der Waals surface area (Å²) in [6, 6.07) is 10.1. The zero-order chi connectivity index (χ0) is 27.4. The molecule has 0 unspecified atom stereocenters. The Labute approximate surface area is 224 Å². The number of Topliss-reactive ketones (excluding diaryl/α,β-unsaturated/α-hetero) is 1. The second-order valence-electron chi connectivity index (χ2n) is 10.2. The van der Waals surface area contributed by atoms with Crippen molar-refractivity contribution in [1.29, 1.82) is 0 Å². The number of methoxy groups -OCH3 is 1. The number of aliphatic hydroxyl groups is 1. The first kappa shape index (κ1) is 27.5. The first-order valence-corrected chi connectivity index (χ1v) is 13.3. The van der Waals surface area contributed by atoms with Crippen molar-refractivity contribution >= 4 is 17.4 Å². The summed E-state index contributed by atoms with van der Waals surface area (Å²) in [5, 5.41) is 11.5. The van der Waals surface area contributed by atoms with Crippen LogP contribution in [0.1, 0.15) is 55.8 Å². The molecule has 1 N–H and O–H groups in total. The molecule has 2 aliphatic rings. The Hall–Kier alpha value is -3.52. The molecule has 1 amide bonds. The fraction of sp³-hybridized carbons (Fsp3) is 0.467. The molecular formula is C30H38N2O6. The average Bonchev–Trinajstić information content (AvgIpc) is 3.39. The van der Waals surface area contributed by atoms with E-state index in [1.807, 2.05) is 44.1 Å². The summed E-state index contributed by atoms with van der Waals surface area (Å²) in [5.41, 5.74) is 2.21. The molecule has 2 aliphatic heterocycles. The van der Waals surface area contributed by atoms with E-state index in [-0.39, 0.29) is 17.4 Å². The fourth-order valence-electron chi connectivity index (χ4n) is 5.04. The Morgan fingerprint density at radius 3 is 2.63 bits per heavy atom. The molecule has 0 aliphatic carbocycles. The number of fused-ring (bicyclic) bond motifs is 1. The highest BCUT2D eigenvalue weighted by molar-refractivity contribution is 6.46. The van der Waals surface area contributed by atoms with Gasteiger partial charge in [-0.15, -0.1) is 0 Å². The smallest absolute Gasteiger partial charge is 0.295 e. The van der Waals surface area contributed by atoms with Gasteiger partial charge in [-0.1, -0.05) is 19.4 Å². The number of likely N-dealkylation sites (tertiary alicyclic amines) is 1. The summed E-state index contributed by atoms with van der Waals surface area (Å²) in [6.45, 7) is 5.78. The fourth-order valence-corrected chi connectivity index (χ4v) is 5.04. The molecule has 204 valence electrons. The van der Waals surface area contributed by atoms with E-state index >= 15 is 0 Å². The van der Waals surface area contributed by atoms with Crippen molar-refractivity contribution in [3.05, 3.63) is 58.7 Å². The molecule has 1 fully saturated rings. The molecule has 2 aromatic rings. The lowest BCUT2D eigenvalue weighted by molar-refractivity contribution is -0.139. The highest BCUT2D eigenvalue weighted by atomic mass is 16.5. The Kier molecular flexibility index (Phi) is 8.62. The number of unbranched alkanes of at least 4 members (excludes halogenated alkanes) is 1. The maximum Gasteiger partial charge on any atom is 0.295 e. The minimum absolute atomic E-state index is 0.0511. The zero-order valence-electron chi connectivity index (χ0n) is 23.0. The van der Waals surface area contributed by atoms with Gasteiger partial charge in [0.1, 0.15) is 17.6 Å². The molecule has 2 aromatic carbocycles. The highest BCUT2D eigenvalue weighted by Gasteiger charge is 2.46. The lowest BCUT2D eigenvalue weighted by atomic mass is 9.94. The third-order valence-corrected chi connectivity index (χ3v) is 6.97. The lowest BCUT2D eigenvalue weighted by Crippen LogP contribution is -2.32. The summed E-state index contributed by atoms with van der Waals surface area (Å²) in [7, 11) is 5.49. The number of nitrogens with zero attached hydrogens (tertiary/aromatic N) is 2. The minimum atomic E-state index is -0.751. The Morgan fingerprint density at radius 1 is 1.13 bits per heavy atom. The SMILES string of the molecule is CCCCOc1ccc([C@H]2C(=C(O)c3ccc4c(c3)C[C@H](C)O4)C(=O)C(=O)N2CCCN(C)C)cc1OC. The maximum absolute atomic E-state index is 13.4. The van der Waals surface area contributed by atoms with E-state index in [9.17, 15) is 14.7 Å². The van der Waals surface area contributed by atoms with Gasteiger partial charge < -0.3 is 29.1 Å². The third-order valence-electron chi connectivity index (χ3n) is 6.97. The van der Waals surface area contributed by atoms with E-state index in [2.05, 4.69) is 6.92 Å². The summed E-state index contributed by atoms with van der Waals surface area (Å²) >= 11 is 0. The molecule has 0 aromatic heterocycles. The van der Waals surface area contributed by atoms with Gasteiger partial charge in [-0.3, -0.25) is 9.59 Å². The third kappa shape index (κ3) is 5.65. The van der Waals surface area contributed by atoms with Crippen LogP contribution in [0.25, 0.3) is 5.76 Å². The number of aliphatic hydroxyl groups excluding tert-OH is 1. The van der Waals surface area contributed by atoms with Gasteiger partial charge >= 0.3 is 0 Å². The summed E-state index contributed by atoms with van der Waals surface area (Å²) in [6.07, 6.45) is 3.38. The molecule has 8 nitrogen and oxygen atoms in total. The molecule has 0 saturated carbocycles. The van der Waals surface area contributed by atoms with Crippen molar-refractivity contribution in [2.24, 2.45) is 0 Å². The topological polar surface area (TPSA) is 88.5 Å². The van der Waals surface area contributed by atoms with Gasteiger partial charge in [0, 0.05) is 18.5 Å². The van der Waals surface area contributed by atoms with Gasteiger partial charge in [-0.2, -0.15) is 0 Å². The highest BCUT2D eigenvalue weighted by Crippen LogP contribution is 2.43. The molecule has 8 heteroatoms. The number of amides is 1. The Balaban J connectivity index is 1.77. The zero-order valence-corrected chi connectivity index (χ0v) is 23.0. The van der Waals surface area contributed by atoms with Crippen LogP contribution in [0.4, 0.5) is 0 Å². The number of hydrogen-bond acceptors (Lipinski definition) is 7. The van der Waals surface area contributed by atoms with E-state index in [0.717, 1.165) is 37.1 Å². The van der Waals surface area contributed by atoms with Gasteiger partial charge in [-0.05, 0) is 81.9 Å². The normalized spacial score (nSPS) is 20.1. The molecule has 2 heterocycles. The number of hydrogen-bond donors (Lipinski definition) is 1. The van der Waals surface area contributed by atoms with Crippen LogP contribution in [-0.2, 0) is 16.0 Å². The number of ether oxygens (including phenoxy) is 3. The maximum atomic E-state index is 13.4. The molecule has 0 bridgehead atoms. The lowest BCUT2D eigenvalue weighted by Gasteiger charge is -2.26. The predicted molar refractivity (Wildman–Crippen MR) is 146 cm³/mol. The van der Waals surface area contributed by atoms with Crippen LogP contribution in [0.15, 0.2) is 42.0 Å². The quantitative estimate of drug-likeness (QED) is 0.200. The van der Waals surface area contributed by atoms with Gasteiger partial charge in [0.2, 0.25) is 0 Å². The molecule has 4 rings (SSSR count). The molecule has 0 radical (unpaired) electrons. The summed E-state index contributed by atoms with van der Waals surface area (Å²) in [5.74, 6) is 0.398. The van der Waals surface area contributed by atoms with Crippen molar-refractivity contribution < 1.29 is 28.9 Å². The molecule has 38 heavy (non-hydrogen) atoms. The van der Waals surface area contributed by atoms with Crippen LogP contribution in [-0.4, -0.2) is 73.6 Å². The van der Waals surface area contributed by atoms with Gasteiger partial charge in [0.25, 0.3) is 11.7 Å². The van der Waals surface area contributed by atoms with Crippen LogP contribution in [0.3, 0.4) is 0 Å². The Bertz CT molecular complexity index is 1220. The van der Waals surface area contributed by atoms with E-state index in [4.69, 9.17) is 14.2 Å². The second kappa shape index (κ2) is 11.9. The van der Waals surface area contributed by atoms with E-state index in [1.54, 1.807) is 30.2 Å². The Morgan fingerprint density at radius 2 is 1.92 bits per heavy atom. The van der Waals surface area contributed by atoms with Gasteiger partial charge in [0.15, 0.2) is 11.5 Å². The summed E-state index contributed by atoms with van der Waals surface area (Å²) in [4.78, 5) is 30.3. The number of rotatable bonds is 11. The molecule has 1 saturated heterocycles. The van der Waals surface area contributed by atoms with Crippen LogP contribution >= 0.6 is 0 Å². The van der Waals surface area contributed by atoms with Crippen molar-refractivity contribution in [3.8, 4) is 17.2 Å². The number of benzene rings is 2. The number of carbonyl (C=O) groups excluding carboxylic acids is 2. The monoisotopic (exact) mass is 522 g/mol. The van der Waals surface area contributed by atoms with Gasteiger partial charge in [-0.25, -0.2) is 0 Å². The summed E-state index contributed by atoms with van der Waals surface area (Å²) < 4.78 is 17.3. The first-order valence-electron chi connectivity index (χ1n) is 13.3. The van der Waals surface area contributed by atoms with Crippen LogP contribution < -0.4 is 14.2 Å². The van der Waals surface area contributed by atoms with E-state index < -0.39 is 17.7 Å².